The summed E-state index contributed by atoms with van der Waals surface area (Å²) in [5.74, 6) is -2.09. The topological polar surface area (TPSA) is 98.5 Å². The Labute approximate surface area is 158 Å². The first kappa shape index (κ1) is 20.1. The molecule has 0 unspecified atom stereocenters. The lowest BCUT2D eigenvalue weighted by atomic mass is 10.1. The fourth-order valence-corrected chi connectivity index (χ4v) is 2.26. The largest absolute Gasteiger partial charge is 0.449 e. The number of nitrogens with zero attached hydrogens (tertiary/aromatic N) is 1. The highest BCUT2D eigenvalue weighted by atomic mass is 35.5. The van der Waals surface area contributed by atoms with Crippen LogP contribution < -0.4 is 5.32 Å². The third kappa shape index (κ3) is 5.61. The lowest BCUT2D eigenvalue weighted by Gasteiger charge is -2.13. The van der Waals surface area contributed by atoms with E-state index in [9.17, 15) is 24.1 Å². The molecule has 1 atom stereocenters. The summed E-state index contributed by atoms with van der Waals surface area (Å²) in [6.07, 6.45) is 1.04. The molecular formula is C18H14ClFN2O5. The molecule has 140 valence electrons. The number of para-hydroxylation sites is 1. The van der Waals surface area contributed by atoms with Crippen LogP contribution in [0.5, 0.6) is 0 Å². The van der Waals surface area contributed by atoms with Gasteiger partial charge in [-0.05, 0) is 37.3 Å². The Morgan fingerprint density at radius 2 is 2.00 bits per heavy atom. The van der Waals surface area contributed by atoms with Crippen molar-refractivity contribution in [3.63, 3.8) is 0 Å². The number of amides is 1. The number of nitrogens with one attached hydrogen (secondary N) is 1. The van der Waals surface area contributed by atoms with Crippen molar-refractivity contribution in [3.8, 4) is 0 Å². The molecule has 0 bridgehead atoms. The third-order valence-corrected chi connectivity index (χ3v) is 3.70. The summed E-state index contributed by atoms with van der Waals surface area (Å²) >= 11 is 5.81. The lowest BCUT2D eigenvalue weighted by Crippen LogP contribution is -2.29. The maximum atomic E-state index is 13.0. The van der Waals surface area contributed by atoms with Crippen LogP contribution in [0, 0.1) is 15.9 Å². The standard InChI is InChI=1S/C18H14ClFN2O5/c1-11(18(24)21-15-8-7-13(20)10-14(15)19)27-17(23)9-6-12-4-2-3-5-16(12)22(25)26/h2-11H,1H3,(H,21,24)/b9-6+/t11-/m1/s1. The number of benzene rings is 2. The molecule has 0 aliphatic carbocycles. The van der Waals surface area contributed by atoms with E-state index in [-0.39, 0.29) is 22.0 Å². The zero-order chi connectivity index (χ0) is 20.0. The summed E-state index contributed by atoms with van der Waals surface area (Å²) in [5.41, 5.74) is 0.217. The van der Waals surface area contributed by atoms with Gasteiger partial charge in [0.2, 0.25) is 0 Å². The Bertz CT molecular complexity index is 916. The Morgan fingerprint density at radius 3 is 2.67 bits per heavy atom. The van der Waals surface area contributed by atoms with Gasteiger partial charge in [0.25, 0.3) is 11.6 Å². The van der Waals surface area contributed by atoms with Crippen molar-refractivity contribution < 1.29 is 23.6 Å². The minimum atomic E-state index is -1.17. The maximum absolute atomic E-state index is 13.0. The molecule has 0 fully saturated rings. The summed E-state index contributed by atoms with van der Waals surface area (Å²) in [4.78, 5) is 34.2. The Balaban J connectivity index is 1.98. The molecule has 9 heteroatoms. The number of hydrogen-bond donors (Lipinski definition) is 1. The number of nitro benzene ring substituents is 1. The number of carbonyl (C=O) groups excluding carboxylic acids is 2. The quantitative estimate of drug-likeness (QED) is 0.347. The van der Waals surface area contributed by atoms with Gasteiger partial charge in [0.15, 0.2) is 6.10 Å². The van der Waals surface area contributed by atoms with Crippen LogP contribution in [0.25, 0.3) is 6.08 Å². The number of halogens is 2. The molecule has 2 rings (SSSR count). The molecule has 0 heterocycles. The van der Waals surface area contributed by atoms with Crippen LogP contribution in [0.1, 0.15) is 12.5 Å². The molecule has 0 saturated carbocycles. The monoisotopic (exact) mass is 392 g/mol. The number of hydrogen-bond acceptors (Lipinski definition) is 5. The molecule has 7 nitrogen and oxygen atoms in total. The fourth-order valence-electron chi connectivity index (χ4n) is 2.04. The molecular weight excluding hydrogens is 379 g/mol. The Morgan fingerprint density at radius 1 is 1.30 bits per heavy atom. The van der Waals surface area contributed by atoms with Crippen molar-refractivity contribution >= 4 is 40.9 Å². The molecule has 2 aromatic carbocycles. The van der Waals surface area contributed by atoms with E-state index in [4.69, 9.17) is 16.3 Å². The molecule has 0 saturated heterocycles. The number of esters is 1. The second-order valence-electron chi connectivity index (χ2n) is 5.34. The molecule has 2 aromatic rings. The number of ether oxygens (including phenoxy) is 1. The van der Waals surface area contributed by atoms with Crippen LogP contribution in [-0.4, -0.2) is 22.9 Å². The molecule has 1 amide bonds. The van der Waals surface area contributed by atoms with Gasteiger partial charge in [0.05, 0.1) is 21.2 Å². The van der Waals surface area contributed by atoms with Gasteiger partial charge in [-0.3, -0.25) is 14.9 Å². The van der Waals surface area contributed by atoms with E-state index < -0.39 is 28.7 Å². The van der Waals surface area contributed by atoms with Crippen molar-refractivity contribution in [2.75, 3.05) is 5.32 Å². The van der Waals surface area contributed by atoms with Crippen molar-refractivity contribution in [3.05, 3.63) is 75.1 Å². The van der Waals surface area contributed by atoms with Gasteiger partial charge in [-0.1, -0.05) is 23.7 Å². The minimum absolute atomic E-state index is 0.00170. The van der Waals surface area contributed by atoms with Crippen molar-refractivity contribution in [2.24, 2.45) is 0 Å². The van der Waals surface area contributed by atoms with E-state index in [2.05, 4.69) is 5.32 Å². The van der Waals surface area contributed by atoms with Gasteiger partial charge in [-0.2, -0.15) is 0 Å². The minimum Gasteiger partial charge on any atom is -0.449 e. The van der Waals surface area contributed by atoms with E-state index in [0.717, 1.165) is 18.2 Å². The second-order valence-corrected chi connectivity index (χ2v) is 5.75. The normalized spacial score (nSPS) is 11.8. The highest BCUT2D eigenvalue weighted by Gasteiger charge is 2.18. The predicted molar refractivity (Wildman–Crippen MR) is 97.7 cm³/mol. The molecule has 0 aliphatic heterocycles. The van der Waals surface area contributed by atoms with Crippen LogP contribution in [-0.2, 0) is 14.3 Å². The summed E-state index contributed by atoms with van der Waals surface area (Å²) in [6, 6.07) is 9.28. The SMILES string of the molecule is C[C@@H](OC(=O)/C=C/c1ccccc1[N+](=O)[O-])C(=O)Nc1ccc(F)cc1Cl. The van der Waals surface area contributed by atoms with Gasteiger partial charge in [-0.15, -0.1) is 0 Å². The summed E-state index contributed by atoms with van der Waals surface area (Å²) in [6.45, 7) is 1.34. The van der Waals surface area contributed by atoms with E-state index in [1.807, 2.05) is 0 Å². The smallest absolute Gasteiger partial charge is 0.331 e. The van der Waals surface area contributed by atoms with E-state index in [0.29, 0.717) is 0 Å². The van der Waals surface area contributed by atoms with Crippen molar-refractivity contribution in [1.82, 2.24) is 0 Å². The number of anilines is 1. The predicted octanol–water partition coefficient (Wildman–Crippen LogP) is 3.97. The average Bonchev–Trinajstić information content (AvgIpc) is 2.62. The number of nitro groups is 1. The zero-order valence-electron chi connectivity index (χ0n) is 14.0. The summed E-state index contributed by atoms with van der Waals surface area (Å²) in [7, 11) is 0. The van der Waals surface area contributed by atoms with Crippen molar-refractivity contribution in [2.45, 2.75) is 13.0 Å². The second kappa shape index (κ2) is 8.91. The molecule has 1 N–H and O–H groups in total. The molecule has 27 heavy (non-hydrogen) atoms. The van der Waals surface area contributed by atoms with Crippen LogP contribution in [0.2, 0.25) is 5.02 Å². The van der Waals surface area contributed by atoms with Gasteiger partial charge in [-0.25, -0.2) is 9.18 Å². The Kier molecular flexibility index (Phi) is 6.62. The number of rotatable bonds is 6. The van der Waals surface area contributed by atoms with Gasteiger partial charge in [0, 0.05) is 12.1 Å². The zero-order valence-corrected chi connectivity index (χ0v) is 14.8. The van der Waals surface area contributed by atoms with Crippen LogP contribution in [0.4, 0.5) is 15.8 Å². The van der Waals surface area contributed by atoms with Gasteiger partial charge in [0.1, 0.15) is 5.82 Å². The first-order valence-corrected chi connectivity index (χ1v) is 8.03. The van der Waals surface area contributed by atoms with E-state index in [1.54, 1.807) is 6.07 Å². The van der Waals surface area contributed by atoms with Crippen LogP contribution >= 0.6 is 11.6 Å². The molecule has 0 aromatic heterocycles. The van der Waals surface area contributed by atoms with Crippen LogP contribution in [0.3, 0.4) is 0 Å². The van der Waals surface area contributed by atoms with Gasteiger partial charge < -0.3 is 10.1 Å². The average molecular weight is 393 g/mol. The summed E-state index contributed by atoms with van der Waals surface area (Å²) in [5, 5.41) is 13.3. The Hall–Kier alpha value is -3.26. The summed E-state index contributed by atoms with van der Waals surface area (Å²) < 4.78 is 17.9. The first-order valence-electron chi connectivity index (χ1n) is 7.66. The first-order chi connectivity index (χ1) is 12.8. The maximum Gasteiger partial charge on any atom is 0.331 e. The molecule has 0 spiro atoms. The van der Waals surface area contributed by atoms with E-state index >= 15 is 0 Å². The highest BCUT2D eigenvalue weighted by molar-refractivity contribution is 6.33. The van der Waals surface area contributed by atoms with Crippen molar-refractivity contribution in [1.29, 1.82) is 0 Å². The van der Waals surface area contributed by atoms with Gasteiger partial charge >= 0.3 is 5.97 Å². The van der Waals surface area contributed by atoms with E-state index in [1.165, 1.54) is 37.3 Å². The number of carbonyl (C=O) groups is 2. The van der Waals surface area contributed by atoms with Crippen LogP contribution in [0.15, 0.2) is 48.5 Å². The molecule has 0 aliphatic rings. The lowest BCUT2D eigenvalue weighted by molar-refractivity contribution is -0.385. The molecule has 0 radical (unpaired) electrons. The fraction of sp³-hybridized carbons (Fsp3) is 0.111. The highest BCUT2D eigenvalue weighted by Crippen LogP contribution is 2.23. The third-order valence-electron chi connectivity index (χ3n) is 3.38.